The van der Waals surface area contributed by atoms with Gasteiger partial charge in [-0.1, -0.05) is 47.6 Å². The minimum Gasteiger partial charge on any atom is -0.355 e. The van der Waals surface area contributed by atoms with Crippen LogP contribution in [0.1, 0.15) is 34.4 Å². The lowest BCUT2D eigenvalue weighted by Crippen LogP contribution is -2.39. The Labute approximate surface area is 182 Å². The second kappa shape index (κ2) is 8.31. The van der Waals surface area contributed by atoms with Gasteiger partial charge in [-0.25, -0.2) is 4.98 Å². The molecule has 5 rings (SSSR count). The summed E-state index contributed by atoms with van der Waals surface area (Å²) in [5, 5.41) is 7.45. The Kier molecular flexibility index (Phi) is 5.21. The van der Waals surface area contributed by atoms with Gasteiger partial charge in [0.1, 0.15) is 5.01 Å². The minimum atomic E-state index is -0.435. The van der Waals surface area contributed by atoms with Gasteiger partial charge in [0.25, 0.3) is 5.91 Å². The first kappa shape index (κ1) is 19.4. The maximum Gasteiger partial charge on any atom is 0.273 e. The van der Waals surface area contributed by atoms with Crippen molar-refractivity contribution in [3.05, 3.63) is 71.4 Å². The van der Waals surface area contributed by atoms with Crippen LogP contribution in [0.4, 0.5) is 0 Å². The molecule has 0 bridgehead atoms. The van der Waals surface area contributed by atoms with Crippen molar-refractivity contribution >= 4 is 33.4 Å². The number of nitrogens with zero attached hydrogens (tertiary/aromatic N) is 3. The minimum absolute atomic E-state index is 0.0430. The summed E-state index contributed by atoms with van der Waals surface area (Å²) in [5.41, 5.74) is 1.94. The van der Waals surface area contributed by atoms with Gasteiger partial charge in [0.2, 0.25) is 5.91 Å². The number of thiazole rings is 1. The molecule has 31 heavy (non-hydrogen) atoms. The number of hydrogen-bond donors (Lipinski definition) is 1. The second-order valence-corrected chi connectivity index (χ2v) is 8.45. The van der Waals surface area contributed by atoms with E-state index in [0.29, 0.717) is 12.3 Å². The zero-order valence-electron chi connectivity index (χ0n) is 16.7. The fraction of sp³-hybridized carbons (Fsp3) is 0.217. The number of nitrogens with one attached hydrogen (secondary N) is 1. The lowest BCUT2D eigenvalue weighted by molar-refractivity contribution is -0.131. The number of fused-ring (bicyclic) bond motifs is 1. The SMILES string of the molecule is O=C(NCC(=O)N1CCC[C@@H]1c1nc2ccccc2s1)c1cc(-c2ccccc2)on1. The van der Waals surface area contributed by atoms with Crippen LogP contribution in [-0.4, -0.2) is 39.9 Å². The van der Waals surface area contributed by atoms with Gasteiger partial charge in [-0.05, 0) is 25.0 Å². The second-order valence-electron chi connectivity index (χ2n) is 7.39. The van der Waals surface area contributed by atoms with Crippen LogP contribution in [0.5, 0.6) is 0 Å². The molecule has 1 saturated heterocycles. The van der Waals surface area contributed by atoms with Gasteiger partial charge in [-0.15, -0.1) is 11.3 Å². The van der Waals surface area contributed by atoms with Crippen molar-refractivity contribution < 1.29 is 14.1 Å². The molecular formula is C23H20N4O3S. The predicted molar refractivity (Wildman–Crippen MR) is 118 cm³/mol. The molecule has 0 radical (unpaired) electrons. The first-order chi connectivity index (χ1) is 15.2. The van der Waals surface area contributed by atoms with Crippen LogP contribution in [0, 0.1) is 0 Å². The van der Waals surface area contributed by atoms with E-state index in [0.717, 1.165) is 33.6 Å². The Morgan fingerprint density at radius 2 is 1.94 bits per heavy atom. The third-order valence-electron chi connectivity index (χ3n) is 5.37. The number of amides is 2. The molecule has 1 fully saturated rings. The lowest BCUT2D eigenvalue weighted by Gasteiger charge is -2.23. The Morgan fingerprint density at radius 1 is 1.13 bits per heavy atom. The summed E-state index contributed by atoms with van der Waals surface area (Å²) in [6.07, 6.45) is 1.80. The zero-order valence-corrected chi connectivity index (χ0v) is 17.5. The van der Waals surface area contributed by atoms with Crippen LogP contribution in [0.2, 0.25) is 0 Å². The number of rotatable bonds is 5. The number of carbonyl (C=O) groups excluding carboxylic acids is 2. The molecule has 0 saturated carbocycles. The van der Waals surface area contributed by atoms with Crippen molar-refractivity contribution in [3.63, 3.8) is 0 Å². The van der Waals surface area contributed by atoms with Crippen molar-refractivity contribution in [2.24, 2.45) is 0 Å². The van der Waals surface area contributed by atoms with E-state index in [9.17, 15) is 9.59 Å². The molecule has 0 aliphatic carbocycles. The topological polar surface area (TPSA) is 88.3 Å². The third kappa shape index (κ3) is 3.94. The third-order valence-corrected chi connectivity index (χ3v) is 6.51. The van der Waals surface area contributed by atoms with E-state index in [-0.39, 0.29) is 24.2 Å². The highest BCUT2D eigenvalue weighted by Crippen LogP contribution is 2.36. The number of para-hydroxylation sites is 1. The van der Waals surface area contributed by atoms with Crippen molar-refractivity contribution in [2.75, 3.05) is 13.1 Å². The molecule has 1 aliphatic rings. The van der Waals surface area contributed by atoms with Crippen LogP contribution in [0.15, 0.2) is 65.2 Å². The quantitative estimate of drug-likeness (QED) is 0.514. The van der Waals surface area contributed by atoms with Crippen LogP contribution in [0.3, 0.4) is 0 Å². The van der Waals surface area contributed by atoms with Gasteiger partial charge >= 0.3 is 0 Å². The largest absolute Gasteiger partial charge is 0.355 e. The molecule has 2 aromatic carbocycles. The van der Waals surface area contributed by atoms with E-state index < -0.39 is 5.91 Å². The normalized spacial score (nSPS) is 16.0. The molecule has 3 heterocycles. The van der Waals surface area contributed by atoms with Gasteiger partial charge in [-0.2, -0.15) is 0 Å². The Morgan fingerprint density at radius 3 is 2.77 bits per heavy atom. The zero-order chi connectivity index (χ0) is 21.2. The molecule has 1 atom stereocenters. The lowest BCUT2D eigenvalue weighted by atomic mass is 10.1. The summed E-state index contributed by atoms with van der Waals surface area (Å²) in [6, 6.07) is 18.9. The summed E-state index contributed by atoms with van der Waals surface area (Å²) in [7, 11) is 0. The average Bonchev–Trinajstić information content (AvgIpc) is 3.56. The van der Waals surface area contributed by atoms with Gasteiger partial charge < -0.3 is 14.7 Å². The molecule has 2 amide bonds. The fourth-order valence-electron chi connectivity index (χ4n) is 3.82. The maximum absolute atomic E-state index is 12.9. The van der Waals surface area contributed by atoms with Crippen LogP contribution in [0.25, 0.3) is 21.5 Å². The maximum atomic E-state index is 12.9. The van der Waals surface area contributed by atoms with E-state index in [1.807, 2.05) is 59.5 Å². The molecular weight excluding hydrogens is 412 g/mol. The first-order valence-electron chi connectivity index (χ1n) is 10.1. The summed E-state index contributed by atoms with van der Waals surface area (Å²) >= 11 is 1.62. The van der Waals surface area contributed by atoms with Crippen LogP contribution in [-0.2, 0) is 4.79 Å². The van der Waals surface area contributed by atoms with Gasteiger partial charge in [0.15, 0.2) is 11.5 Å². The molecule has 1 aliphatic heterocycles. The van der Waals surface area contributed by atoms with E-state index in [1.165, 1.54) is 0 Å². The van der Waals surface area contributed by atoms with E-state index in [2.05, 4.69) is 10.5 Å². The Balaban J connectivity index is 1.23. The highest BCUT2D eigenvalue weighted by atomic mass is 32.1. The van der Waals surface area contributed by atoms with Crippen LogP contribution < -0.4 is 5.32 Å². The highest BCUT2D eigenvalue weighted by Gasteiger charge is 2.32. The summed E-state index contributed by atoms with van der Waals surface area (Å²) in [5.74, 6) is -0.0515. The summed E-state index contributed by atoms with van der Waals surface area (Å²) < 4.78 is 6.39. The van der Waals surface area contributed by atoms with E-state index >= 15 is 0 Å². The van der Waals surface area contributed by atoms with Crippen LogP contribution >= 0.6 is 11.3 Å². The predicted octanol–water partition coefficient (Wildman–Crippen LogP) is 4.04. The van der Waals surface area contributed by atoms with Crippen molar-refractivity contribution in [1.82, 2.24) is 20.4 Å². The Hall–Kier alpha value is -3.52. The van der Waals surface area contributed by atoms with E-state index in [4.69, 9.17) is 9.51 Å². The molecule has 1 N–H and O–H groups in total. The molecule has 0 unspecified atom stereocenters. The van der Waals surface area contributed by atoms with Crippen molar-refractivity contribution in [2.45, 2.75) is 18.9 Å². The molecule has 156 valence electrons. The monoisotopic (exact) mass is 432 g/mol. The van der Waals surface area contributed by atoms with Gasteiger partial charge in [0, 0.05) is 18.2 Å². The fourth-order valence-corrected chi connectivity index (χ4v) is 4.94. The molecule has 4 aromatic rings. The average molecular weight is 433 g/mol. The number of aromatic nitrogens is 2. The molecule has 8 heteroatoms. The number of benzene rings is 2. The molecule has 0 spiro atoms. The smallest absolute Gasteiger partial charge is 0.273 e. The standard InChI is InChI=1S/C23H20N4O3S/c28-21(14-24-22(29)17-13-19(30-26-17)15-7-2-1-3-8-15)27-12-6-10-18(27)23-25-16-9-4-5-11-20(16)31-23/h1-5,7-9,11,13,18H,6,10,12,14H2,(H,24,29)/t18-/m1/s1. The van der Waals surface area contributed by atoms with E-state index in [1.54, 1.807) is 17.4 Å². The molecule has 2 aromatic heterocycles. The van der Waals surface area contributed by atoms with Gasteiger partial charge in [0.05, 0.1) is 22.8 Å². The number of likely N-dealkylation sites (tertiary alicyclic amines) is 1. The highest BCUT2D eigenvalue weighted by molar-refractivity contribution is 7.18. The number of carbonyl (C=O) groups is 2. The van der Waals surface area contributed by atoms with Crippen molar-refractivity contribution in [3.8, 4) is 11.3 Å². The first-order valence-corrected chi connectivity index (χ1v) is 11.0. The number of hydrogen-bond acceptors (Lipinski definition) is 6. The summed E-state index contributed by atoms with van der Waals surface area (Å²) in [4.78, 5) is 31.8. The summed E-state index contributed by atoms with van der Waals surface area (Å²) in [6.45, 7) is 0.575. The molecule has 7 nitrogen and oxygen atoms in total. The van der Waals surface area contributed by atoms with Crippen molar-refractivity contribution in [1.29, 1.82) is 0 Å². The Bertz CT molecular complexity index is 1200. The van der Waals surface area contributed by atoms with Gasteiger partial charge in [-0.3, -0.25) is 9.59 Å².